The Morgan fingerprint density at radius 2 is 2.04 bits per heavy atom. The number of furan rings is 2. The number of benzene rings is 1. The summed E-state index contributed by atoms with van der Waals surface area (Å²) in [5.74, 6) is 0.163. The largest absolute Gasteiger partial charge is 0.481 e. The molecule has 0 saturated heterocycles. The van der Waals surface area contributed by atoms with E-state index in [4.69, 9.17) is 32.4 Å². The summed E-state index contributed by atoms with van der Waals surface area (Å²) < 4.78 is 11.1. The van der Waals surface area contributed by atoms with Crippen molar-refractivity contribution in [2.24, 2.45) is 0 Å². The first-order valence-electron chi connectivity index (χ1n) is 8.09. The van der Waals surface area contributed by atoms with E-state index < -0.39 is 0 Å². The number of nitrogens with one attached hydrogen (secondary N) is 1. The number of halogens is 2. The molecular formula is C19H11Cl2N3O3. The molecule has 1 N–H and O–H groups in total. The van der Waals surface area contributed by atoms with Crippen molar-refractivity contribution in [3.05, 3.63) is 57.5 Å². The Morgan fingerprint density at radius 3 is 2.81 bits per heavy atom. The molecule has 0 aliphatic heterocycles. The number of fused-ring (bicyclic) bond motifs is 5. The molecule has 0 saturated carbocycles. The number of carbonyl (C=O) groups is 1. The third-order valence-corrected chi connectivity index (χ3v) is 5.25. The molecule has 27 heavy (non-hydrogen) atoms. The summed E-state index contributed by atoms with van der Waals surface area (Å²) in [4.78, 5) is 21.1. The number of hydrogen-bond acceptors (Lipinski definition) is 5. The van der Waals surface area contributed by atoms with Crippen LogP contribution in [0.2, 0.25) is 10.2 Å². The minimum Gasteiger partial charge on any atom is -0.481 e. The fourth-order valence-corrected chi connectivity index (χ4v) is 3.54. The minimum atomic E-state index is -0.301. The summed E-state index contributed by atoms with van der Waals surface area (Å²) in [6.45, 7) is 0. The number of hydrogen-bond donors (Lipinski definition) is 1. The van der Waals surface area contributed by atoms with Crippen molar-refractivity contribution in [2.45, 2.75) is 6.42 Å². The number of aromatic nitrogens is 2. The third-order valence-electron chi connectivity index (χ3n) is 4.56. The second-order valence-corrected chi connectivity index (χ2v) is 6.95. The van der Waals surface area contributed by atoms with Crippen LogP contribution in [0.3, 0.4) is 0 Å². The van der Waals surface area contributed by atoms with Crippen molar-refractivity contribution in [1.82, 2.24) is 9.97 Å². The van der Waals surface area contributed by atoms with Crippen LogP contribution in [-0.2, 0) is 6.42 Å². The lowest BCUT2D eigenvalue weighted by Gasteiger charge is -2.08. The first-order chi connectivity index (χ1) is 13.1. The van der Waals surface area contributed by atoms with Crippen molar-refractivity contribution in [3.63, 3.8) is 0 Å². The average Bonchev–Trinajstić information content (AvgIpc) is 3.29. The van der Waals surface area contributed by atoms with Gasteiger partial charge in [-0.15, -0.1) is 0 Å². The lowest BCUT2D eigenvalue weighted by molar-refractivity contribution is 0.102. The highest BCUT2D eigenvalue weighted by molar-refractivity contribution is 6.41. The number of anilines is 1. The van der Waals surface area contributed by atoms with Crippen LogP contribution in [0.5, 0.6) is 5.88 Å². The number of ether oxygens (including phenoxy) is 1. The van der Waals surface area contributed by atoms with Crippen molar-refractivity contribution in [3.8, 4) is 17.0 Å². The van der Waals surface area contributed by atoms with Gasteiger partial charge in [-0.25, -0.2) is 9.97 Å². The molecule has 1 amide bonds. The molecule has 0 fully saturated rings. The van der Waals surface area contributed by atoms with E-state index in [2.05, 4.69) is 15.3 Å². The quantitative estimate of drug-likeness (QED) is 0.439. The van der Waals surface area contributed by atoms with Gasteiger partial charge >= 0.3 is 0 Å². The van der Waals surface area contributed by atoms with Crippen molar-refractivity contribution in [2.75, 3.05) is 12.4 Å². The van der Waals surface area contributed by atoms with E-state index in [1.54, 1.807) is 25.4 Å². The van der Waals surface area contributed by atoms with Gasteiger partial charge in [-0.1, -0.05) is 23.2 Å². The Balaban J connectivity index is 1.59. The van der Waals surface area contributed by atoms with Crippen LogP contribution in [0.1, 0.15) is 21.5 Å². The Labute approximate surface area is 163 Å². The molecule has 0 atom stereocenters. The fraction of sp³-hybridized carbons (Fsp3) is 0.105. The molecule has 0 aromatic carbocycles. The molecule has 1 aliphatic carbocycles. The second kappa shape index (κ2) is 5.84. The topological polar surface area (TPSA) is 77.2 Å². The molecule has 5 rings (SSSR count). The highest BCUT2D eigenvalue weighted by Crippen LogP contribution is 2.50. The molecule has 134 valence electrons. The monoisotopic (exact) mass is 399 g/mol. The van der Waals surface area contributed by atoms with Gasteiger partial charge in [0.05, 0.1) is 29.6 Å². The molecule has 0 spiro atoms. The zero-order chi connectivity index (χ0) is 18.7. The van der Waals surface area contributed by atoms with Gasteiger partial charge in [0.25, 0.3) is 5.91 Å². The SMILES string of the molecule is COc1cc(-c2c(C(=O)Nc3cnc(Cl)c(Cl)c3)c3oc2c2c3C2)ccn1. The Bertz CT molecular complexity index is 1220. The first-order valence-corrected chi connectivity index (χ1v) is 8.84. The Kier molecular flexibility index (Phi) is 3.54. The zero-order valence-corrected chi connectivity index (χ0v) is 15.5. The summed E-state index contributed by atoms with van der Waals surface area (Å²) in [6, 6.07) is 5.16. The number of methoxy groups -OCH3 is 1. The summed E-state index contributed by atoms with van der Waals surface area (Å²) >= 11 is 11.8. The van der Waals surface area contributed by atoms with Crippen molar-refractivity contribution >= 4 is 46.0 Å². The lowest BCUT2D eigenvalue weighted by Crippen LogP contribution is -2.13. The Hall–Kier alpha value is -2.83. The predicted octanol–water partition coefficient (Wildman–Crippen LogP) is 4.80. The van der Waals surface area contributed by atoms with Crippen LogP contribution >= 0.6 is 23.2 Å². The molecule has 2 bridgehead atoms. The van der Waals surface area contributed by atoms with Gasteiger partial charge in [0, 0.05) is 35.4 Å². The van der Waals surface area contributed by atoms with E-state index in [9.17, 15) is 4.79 Å². The molecule has 4 aromatic heterocycles. The van der Waals surface area contributed by atoms with E-state index >= 15 is 0 Å². The van der Waals surface area contributed by atoms with E-state index in [1.807, 2.05) is 6.07 Å². The number of amides is 1. The van der Waals surface area contributed by atoms with Gasteiger partial charge in [-0.2, -0.15) is 0 Å². The van der Waals surface area contributed by atoms with Gasteiger partial charge in [0.15, 0.2) is 0 Å². The molecule has 6 nitrogen and oxygen atoms in total. The van der Waals surface area contributed by atoms with Crippen LogP contribution in [-0.4, -0.2) is 23.0 Å². The third kappa shape index (κ3) is 2.52. The summed E-state index contributed by atoms with van der Waals surface area (Å²) in [5.41, 5.74) is 6.10. The maximum atomic E-state index is 13.0. The molecule has 1 aliphatic rings. The normalized spacial score (nSPS) is 12.3. The van der Waals surface area contributed by atoms with Crippen LogP contribution in [0.25, 0.3) is 22.3 Å². The fourth-order valence-electron chi connectivity index (χ4n) is 3.28. The predicted molar refractivity (Wildman–Crippen MR) is 102 cm³/mol. The maximum absolute atomic E-state index is 13.0. The maximum Gasteiger partial charge on any atom is 0.260 e. The van der Waals surface area contributed by atoms with Gasteiger partial charge in [-0.05, 0) is 17.7 Å². The number of carbonyl (C=O) groups excluding carboxylic acids is 1. The summed E-state index contributed by atoms with van der Waals surface area (Å²) in [6.07, 6.45) is 3.94. The van der Waals surface area contributed by atoms with Crippen molar-refractivity contribution in [1.29, 1.82) is 0 Å². The van der Waals surface area contributed by atoms with Gasteiger partial charge < -0.3 is 14.5 Å². The van der Waals surface area contributed by atoms with Crippen LogP contribution in [0.4, 0.5) is 5.69 Å². The molecule has 8 heteroatoms. The number of rotatable bonds is 4. The van der Waals surface area contributed by atoms with Crippen LogP contribution in [0.15, 0.2) is 35.0 Å². The summed E-state index contributed by atoms with van der Waals surface area (Å²) in [5, 5.41) is 3.26. The van der Waals surface area contributed by atoms with Gasteiger partial charge in [-0.3, -0.25) is 4.79 Å². The van der Waals surface area contributed by atoms with E-state index in [0.29, 0.717) is 22.7 Å². The molecular weight excluding hydrogens is 389 g/mol. The molecule has 4 aromatic rings. The van der Waals surface area contributed by atoms with E-state index in [0.717, 1.165) is 34.3 Å². The van der Waals surface area contributed by atoms with Crippen molar-refractivity contribution < 1.29 is 13.9 Å². The number of nitrogens with zero attached hydrogens (tertiary/aromatic N) is 2. The van der Waals surface area contributed by atoms with Crippen LogP contribution in [0, 0.1) is 0 Å². The lowest BCUT2D eigenvalue weighted by atomic mass is 10.00. The van der Waals surface area contributed by atoms with Gasteiger partial charge in [0.2, 0.25) is 5.88 Å². The minimum absolute atomic E-state index is 0.180. The van der Waals surface area contributed by atoms with E-state index in [1.165, 1.54) is 6.20 Å². The summed E-state index contributed by atoms with van der Waals surface area (Å²) in [7, 11) is 1.55. The standard InChI is InChI=1S/C19H11Cl2N3O3/c1-26-13-4-8(2-3-22-13)14-15(17-11-6-10(11)16(14)27-17)19(25)24-9-5-12(20)18(21)23-7-9/h2-5,7H,6H2,1H3,(H,24,25). The molecule has 4 heterocycles. The van der Waals surface area contributed by atoms with Crippen LogP contribution < -0.4 is 10.1 Å². The highest BCUT2D eigenvalue weighted by Gasteiger charge is 2.38. The second-order valence-electron chi connectivity index (χ2n) is 6.18. The highest BCUT2D eigenvalue weighted by atomic mass is 35.5. The van der Waals surface area contributed by atoms with E-state index in [-0.39, 0.29) is 16.1 Å². The van der Waals surface area contributed by atoms with Gasteiger partial charge in [0.1, 0.15) is 16.3 Å². The Morgan fingerprint density at radius 1 is 1.22 bits per heavy atom. The first kappa shape index (κ1) is 16.4. The smallest absolute Gasteiger partial charge is 0.260 e. The average molecular weight is 400 g/mol. The molecule has 0 unspecified atom stereocenters. The number of pyridine rings is 2. The molecule has 0 radical (unpaired) electrons. The zero-order valence-electron chi connectivity index (χ0n) is 14.0.